The van der Waals surface area contributed by atoms with Gasteiger partial charge in [-0.05, 0) is 85.6 Å². The Labute approximate surface area is 269 Å². The third-order valence-corrected chi connectivity index (χ3v) is 8.90. The molecule has 0 aliphatic carbocycles. The summed E-state index contributed by atoms with van der Waals surface area (Å²) in [6, 6.07) is 22.9. The highest BCUT2D eigenvalue weighted by atomic mass is 32.2. The largest absolute Gasteiger partial charge is 0.494 e. The Balaban J connectivity index is 1.38. The third-order valence-electron chi connectivity index (χ3n) is 6.39. The van der Waals surface area contributed by atoms with Crippen molar-refractivity contribution in [3.8, 4) is 23.0 Å². The molecule has 2 amide bonds. The molecule has 0 fully saturated rings. The van der Waals surface area contributed by atoms with Crippen molar-refractivity contribution in [1.29, 1.82) is 0 Å². The number of hydrogen-bond donors (Lipinski definition) is 2. The number of unbranched alkanes of at least 4 members (excludes halogenated alkanes) is 2. The van der Waals surface area contributed by atoms with Crippen LogP contribution in [0.3, 0.4) is 0 Å². The van der Waals surface area contributed by atoms with Gasteiger partial charge in [0, 0.05) is 11.8 Å². The number of carbonyl (C=O) groups excluding carboxylic acids is 1. The number of anilines is 2. The summed E-state index contributed by atoms with van der Waals surface area (Å²) < 4.78 is 73.4. The van der Waals surface area contributed by atoms with E-state index in [1.807, 2.05) is 13.8 Å². The highest BCUT2D eigenvalue weighted by Gasteiger charge is 2.20. The fourth-order valence-corrected chi connectivity index (χ4v) is 5.84. The van der Waals surface area contributed by atoms with Crippen molar-refractivity contribution in [3.63, 3.8) is 0 Å². The summed E-state index contributed by atoms with van der Waals surface area (Å²) in [5.41, 5.74) is 0.303. The first-order chi connectivity index (χ1) is 22.1. The summed E-state index contributed by atoms with van der Waals surface area (Å²) in [5, 5.41) is 5.13. The van der Waals surface area contributed by atoms with E-state index in [1.165, 1.54) is 60.7 Å². The van der Waals surface area contributed by atoms with E-state index in [1.54, 1.807) is 36.4 Å². The zero-order chi connectivity index (χ0) is 33.0. The lowest BCUT2D eigenvalue weighted by atomic mass is 10.3. The fraction of sp³-hybridized carbons (Fsp3) is 0.242. The number of ether oxygens (including phenoxy) is 2. The van der Waals surface area contributed by atoms with Crippen molar-refractivity contribution in [2.24, 2.45) is 0 Å². The molecule has 46 heavy (non-hydrogen) atoms. The minimum absolute atomic E-state index is 0.0299. The topological polar surface area (TPSA) is 146 Å². The standard InChI is InChI=1S/C33H36N2O9S2/c1-3-5-22-41-26-14-18-29(19-15-26)45(37,38)43-28-11-9-10-25(24-28)34-33(36)35-31-12-7-8-13-32(31)44-46(39,40)30-20-16-27(17-21-30)42-23-6-4-2/h7-21,24H,3-6,22-23H2,1-2H3,(H2,34,35,36). The zero-order valence-corrected chi connectivity index (χ0v) is 27.1. The van der Waals surface area contributed by atoms with Crippen LogP contribution in [0.15, 0.2) is 107 Å². The molecule has 0 heterocycles. The zero-order valence-electron chi connectivity index (χ0n) is 25.5. The predicted molar refractivity (Wildman–Crippen MR) is 175 cm³/mol. The summed E-state index contributed by atoms with van der Waals surface area (Å²) in [5.74, 6) is 0.958. The lowest BCUT2D eigenvalue weighted by molar-refractivity contribution is 0.262. The van der Waals surface area contributed by atoms with Crippen molar-refractivity contribution in [2.45, 2.75) is 49.3 Å². The maximum Gasteiger partial charge on any atom is 0.339 e. The monoisotopic (exact) mass is 668 g/mol. The van der Waals surface area contributed by atoms with Crippen LogP contribution in [0, 0.1) is 0 Å². The van der Waals surface area contributed by atoms with Crippen LogP contribution in [-0.4, -0.2) is 36.1 Å². The van der Waals surface area contributed by atoms with E-state index in [2.05, 4.69) is 10.6 Å². The molecular weight excluding hydrogens is 633 g/mol. The van der Waals surface area contributed by atoms with Crippen LogP contribution >= 0.6 is 0 Å². The number of carbonyl (C=O) groups is 1. The van der Waals surface area contributed by atoms with E-state index in [0.29, 0.717) is 24.7 Å². The van der Waals surface area contributed by atoms with E-state index >= 15 is 0 Å². The number of rotatable bonds is 16. The van der Waals surface area contributed by atoms with Crippen molar-refractivity contribution in [3.05, 3.63) is 97.1 Å². The van der Waals surface area contributed by atoms with Crippen LogP contribution in [0.5, 0.6) is 23.0 Å². The van der Waals surface area contributed by atoms with Crippen LogP contribution in [0.2, 0.25) is 0 Å². The van der Waals surface area contributed by atoms with Gasteiger partial charge in [0.2, 0.25) is 0 Å². The average molecular weight is 669 g/mol. The first-order valence-electron chi connectivity index (χ1n) is 14.7. The summed E-state index contributed by atoms with van der Waals surface area (Å²) >= 11 is 0. The number of nitrogens with one attached hydrogen (secondary N) is 2. The van der Waals surface area contributed by atoms with Crippen molar-refractivity contribution < 1.29 is 39.5 Å². The van der Waals surface area contributed by atoms with Crippen LogP contribution < -0.4 is 28.5 Å². The molecule has 0 bridgehead atoms. The Hall–Kier alpha value is -4.75. The lowest BCUT2D eigenvalue weighted by Gasteiger charge is -2.14. The molecule has 11 nitrogen and oxygen atoms in total. The second kappa shape index (κ2) is 16.0. The second-order valence-corrected chi connectivity index (χ2v) is 13.1. The molecule has 0 saturated carbocycles. The van der Waals surface area contributed by atoms with Gasteiger partial charge in [-0.2, -0.15) is 16.8 Å². The molecule has 0 aromatic heterocycles. The van der Waals surface area contributed by atoms with E-state index in [0.717, 1.165) is 25.7 Å². The van der Waals surface area contributed by atoms with E-state index in [9.17, 15) is 21.6 Å². The minimum Gasteiger partial charge on any atom is -0.494 e. The van der Waals surface area contributed by atoms with Crippen molar-refractivity contribution in [1.82, 2.24) is 0 Å². The van der Waals surface area contributed by atoms with Gasteiger partial charge < -0.3 is 28.5 Å². The van der Waals surface area contributed by atoms with Gasteiger partial charge in [-0.3, -0.25) is 0 Å². The van der Waals surface area contributed by atoms with Gasteiger partial charge in [0.1, 0.15) is 27.0 Å². The molecule has 0 spiro atoms. The van der Waals surface area contributed by atoms with Crippen LogP contribution in [0.1, 0.15) is 39.5 Å². The molecule has 2 N–H and O–H groups in total. The van der Waals surface area contributed by atoms with Gasteiger partial charge >= 0.3 is 26.3 Å². The highest BCUT2D eigenvalue weighted by Crippen LogP contribution is 2.29. The second-order valence-electron chi connectivity index (χ2n) is 10.0. The normalized spacial score (nSPS) is 11.3. The van der Waals surface area contributed by atoms with Gasteiger partial charge in [-0.1, -0.05) is 44.9 Å². The average Bonchev–Trinajstić information content (AvgIpc) is 3.03. The Morgan fingerprint density at radius 2 is 1.15 bits per heavy atom. The minimum atomic E-state index is -4.23. The molecule has 13 heteroatoms. The molecule has 4 rings (SSSR count). The maximum atomic E-state index is 13.0. The first-order valence-corrected chi connectivity index (χ1v) is 17.5. The van der Waals surface area contributed by atoms with E-state index in [4.69, 9.17) is 17.8 Å². The summed E-state index contributed by atoms with van der Waals surface area (Å²) in [6.07, 6.45) is 3.72. The van der Waals surface area contributed by atoms with Gasteiger partial charge in [0.15, 0.2) is 5.75 Å². The molecule has 244 valence electrons. The molecule has 4 aromatic carbocycles. The van der Waals surface area contributed by atoms with Crippen molar-refractivity contribution >= 4 is 37.6 Å². The van der Waals surface area contributed by atoms with Crippen LogP contribution in [-0.2, 0) is 20.2 Å². The first kappa shape index (κ1) is 34.1. The third kappa shape index (κ3) is 9.88. The fourth-order valence-electron chi connectivity index (χ4n) is 3.97. The van der Waals surface area contributed by atoms with Gasteiger partial charge in [-0.25, -0.2) is 4.79 Å². The number of para-hydroxylation sites is 2. The summed E-state index contributed by atoms with van der Waals surface area (Å²) in [4.78, 5) is 12.7. The molecular formula is C33H36N2O9S2. The molecule has 0 radical (unpaired) electrons. The van der Waals surface area contributed by atoms with E-state index < -0.39 is 26.3 Å². The number of urea groups is 1. The smallest absolute Gasteiger partial charge is 0.339 e. The van der Waals surface area contributed by atoms with Crippen LogP contribution in [0.4, 0.5) is 16.2 Å². The molecule has 0 unspecified atom stereocenters. The molecule has 4 aromatic rings. The quantitative estimate of drug-likeness (QED) is 0.0933. The highest BCUT2D eigenvalue weighted by molar-refractivity contribution is 7.87. The molecule has 0 aliphatic heterocycles. The Morgan fingerprint density at radius 3 is 1.72 bits per heavy atom. The molecule has 0 saturated heterocycles. The Kier molecular flexibility index (Phi) is 11.9. The number of benzene rings is 4. The molecule has 0 aliphatic rings. The summed E-state index contributed by atoms with van der Waals surface area (Å²) in [7, 11) is -8.40. The van der Waals surface area contributed by atoms with Gasteiger partial charge in [-0.15, -0.1) is 0 Å². The van der Waals surface area contributed by atoms with Crippen molar-refractivity contribution in [2.75, 3.05) is 23.8 Å². The van der Waals surface area contributed by atoms with Gasteiger partial charge in [0.05, 0.1) is 18.9 Å². The molecule has 0 atom stereocenters. The lowest BCUT2D eigenvalue weighted by Crippen LogP contribution is -2.20. The summed E-state index contributed by atoms with van der Waals surface area (Å²) in [6.45, 7) is 5.15. The predicted octanol–water partition coefficient (Wildman–Crippen LogP) is 7.22. The van der Waals surface area contributed by atoms with Crippen LogP contribution in [0.25, 0.3) is 0 Å². The van der Waals surface area contributed by atoms with Gasteiger partial charge in [0.25, 0.3) is 0 Å². The Morgan fingerprint density at radius 1 is 0.609 bits per heavy atom. The maximum absolute atomic E-state index is 13.0. The SMILES string of the molecule is CCCCOc1ccc(S(=O)(=O)Oc2cccc(NC(=O)Nc3ccccc3OS(=O)(=O)c3ccc(OCCCC)cc3)c2)cc1. The number of amides is 2. The number of hydrogen-bond acceptors (Lipinski definition) is 9. The Bertz CT molecular complexity index is 1810. The van der Waals surface area contributed by atoms with E-state index in [-0.39, 0.29) is 32.7 Å².